The topological polar surface area (TPSA) is 67.0 Å². The minimum Gasteiger partial charge on any atom is -0.444 e. The van der Waals surface area contributed by atoms with Crippen molar-refractivity contribution < 1.29 is 18.3 Å². The molecule has 1 aliphatic rings. The summed E-state index contributed by atoms with van der Waals surface area (Å²) in [5, 5.41) is 2.92. The van der Waals surface area contributed by atoms with E-state index in [0.29, 0.717) is 33.1 Å². The molecule has 38 heavy (non-hydrogen) atoms. The third-order valence-electron chi connectivity index (χ3n) is 7.05. The van der Waals surface area contributed by atoms with Gasteiger partial charge in [0.15, 0.2) is 0 Å². The zero-order chi connectivity index (χ0) is 27.0. The molecule has 0 spiro atoms. The molecular formula is C30H30BrF2N3O2. The van der Waals surface area contributed by atoms with E-state index in [2.05, 4.69) is 33.2 Å². The predicted octanol–water partition coefficient (Wildman–Crippen LogP) is 8.11. The zero-order valence-corrected chi connectivity index (χ0v) is 23.1. The summed E-state index contributed by atoms with van der Waals surface area (Å²) in [5.41, 5.74) is 3.73. The number of nitrogens with one attached hydrogen (secondary N) is 2. The van der Waals surface area contributed by atoms with Crippen molar-refractivity contribution in [2.24, 2.45) is 11.8 Å². The Hall–Kier alpha value is -3.26. The molecular weight excluding hydrogens is 552 g/mol. The summed E-state index contributed by atoms with van der Waals surface area (Å²) in [6.45, 7) is 6.00. The number of aromatic amines is 1. The summed E-state index contributed by atoms with van der Waals surface area (Å²) >= 11 is 3.60. The number of rotatable bonds is 8. The Balaban J connectivity index is 1.45. The van der Waals surface area contributed by atoms with Gasteiger partial charge in [-0.25, -0.2) is 18.6 Å². The van der Waals surface area contributed by atoms with Crippen LogP contribution < -0.4 is 5.32 Å². The smallest absolute Gasteiger partial charge is 0.408 e. The Morgan fingerprint density at radius 1 is 1.16 bits per heavy atom. The van der Waals surface area contributed by atoms with E-state index in [0.717, 1.165) is 35.7 Å². The van der Waals surface area contributed by atoms with Crippen molar-refractivity contribution in [2.75, 3.05) is 0 Å². The van der Waals surface area contributed by atoms with Crippen molar-refractivity contribution in [2.45, 2.75) is 51.7 Å². The van der Waals surface area contributed by atoms with Gasteiger partial charge in [0.1, 0.15) is 17.2 Å². The van der Waals surface area contributed by atoms with E-state index < -0.39 is 29.4 Å². The molecule has 5 rings (SSSR count). The molecule has 2 aromatic carbocycles. The normalized spacial score (nSPS) is 17.8. The number of halogens is 3. The number of hydrogen-bond acceptors (Lipinski definition) is 3. The maximum atomic E-state index is 14.0. The van der Waals surface area contributed by atoms with Gasteiger partial charge in [-0.05, 0) is 96.3 Å². The van der Waals surface area contributed by atoms with Crippen LogP contribution in [0.25, 0.3) is 22.3 Å². The molecule has 2 aromatic heterocycles. The molecule has 1 aliphatic carbocycles. The van der Waals surface area contributed by atoms with Gasteiger partial charge < -0.3 is 15.0 Å². The number of H-pyrrole nitrogens is 1. The standard InChI is InChI=1S/C30H30BrF2N3O2/c1-17-9-20(17)16-30(2,3)38-29(37)36-27(12-18-10-21(32)13-22(33)11-18)28-23(31)14-25-26(35-28)15-24(34-25)19-7-5-4-6-8-19/h4-8,10-11,13-15,17,20,27,34H,9,12,16H2,1-3H3,(H,36,37)/t17?,20-,27+/m1/s1. The number of pyridine rings is 1. The van der Waals surface area contributed by atoms with Crippen LogP contribution in [0.5, 0.6) is 0 Å². The maximum Gasteiger partial charge on any atom is 0.408 e. The van der Waals surface area contributed by atoms with Gasteiger partial charge in [0.25, 0.3) is 0 Å². The van der Waals surface area contributed by atoms with E-state index in [4.69, 9.17) is 9.72 Å². The molecule has 198 valence electrons. The highest BCUT2D eigenvalue weighted by Crippen LogP contribution is 2.44. The fourth-order valence-electron chi connectivity index (χ4n) is 5.02. The summed E-state index contributed by atoms with van der Waals surface area (Å²) in [4.78, 5) is 21.3. The molecule has 0 radical (unpaired) electrons. The van der Waals surface area contributed by atoms with Gasteiger partial charge in [-0.1, -0.05) is 37.3 Å². The Labute approximate surface area is 229 Å². The molecule has 2 heterocycles. The van der Waals surface area contributed by atoms with Crippen LogP contribution in [0.3, 0.4) is 0 Å². The number of carbonyl (C=O) groups excluding carboxylic acids is 1. The van der Waals surface area contributed by atoms with Crippen LogP contribution in [0.15, 0.2) is 65.1 Å². The van der Waals surface area contributed by atoms with Gasteiger partial charge in [-0.2, -0.15) is 0 Å². The first-order valence-corrected chi connectivity index (χ1v) is 13.5. The average Bonchev–Trinajstić information content (AvgIpc) is 3.34. The highest BCUT2D eigenvalue weighted by molar-refractivity contribution is 9.10. The number of fused-ring (bicyclic) bond motifs is 1. The molecule has 8 heteroatoms. The third kappa shape index (κ3) is 6.23. The van der Waals surface area contributed by atoms with Crippen LogP contribution in [0.2, 0.25) is 0 Å². The van der Waals surface area contributed by atoms with Gasteiger partial charge in [0, 0.05) is 16.2 Å². The number of carbonyl (C=O) groups is 1. The van der Waals surface area contributed by atoms with Gasteiger partial charge in [-0.15, -0.1) is 0 Å². The molecule has 4 aromatic rings. The zero-order valence-electron chi connectivity index (χ0n) is 21.5. The molecule has 0 aliphatic heterocycles. The lowest BCUT2D eigenvalue weighted by molar-refractivity contribution is 0.0258. The second-order valence-corrected chi connectivity index (χ2v) is 11.7. The number of amides is 1. The van der Waals surface area contributed by atoms with Crippen LogP contribution in [-0.4, -0.2) is 21.7 Å². The fourth-order valence-corrected chi connectivity index (χ4v) is 5.62. The van der Waals surface area contributed by atoms with Crippen molar-refractivity contribution in [1.29, 1.82) is 0 Å². The van der Waals surface area contributed by atoms with E-state index in [1.807, 2.05) is 56.3 Å². The van der Waals surface area contributed by atoms with Crippen LogP contribution in [0, 0.1) is 23.5 Å². The summed E-state index contributed by atoms with van der Waals surface area (Å²) in [6, 6.07) is 16.4. The summed E-state index contributed by atoms with van der Waals surface area (Å²) in [7, 11) is 0. The van der Waals surface area contributed by atoms with E-state index >= 15 is 0 Å². The first kappa shape index (κ1) is 26.4. The van der Waals surface area contributed by atoms with Gasteiger partial charge in [-0.3, -0.25) is 0 Å². The number of ether oxygens (including phenoxy) is 1. The highest BCUT2D eigenvalue weighted by atomic mass is 79.9. The van der Waals surface area contributed by atoms with Crippen LogP contribution in [0.1, 0.15) is 50.9 Å². The summed E-state index contributed by atoms with van der Waals surface area (Å²) < 4.78 is 34.5. The second kappa shape index (κ2) is 10.5. The minimum atomic E-state index is -0.701. The highest BCUT2D eigenvalue weighted by Gasteiger charge is 2.39. The van der Waals surface area contributed by atoms with E-state index in [9.17, 15) is 13.6 Å². The lowest BCUT2D eigenvalue weighted by Crippen LogP contribution is -2.38. The molecule has 1 fully saturated rings. The van der Waals surface area contributed by atoms with E-state index in [-0.39, 0.29) is 6.42 Å². The Bertz CT molecular complexity index is 1450. The summed E-state index contributed by atoms with van der Waals surface area (Å²) in [5.74, 6) is -0.164. The molecule has 1 unspecified atom stereocenters. The molecule has 3 atom stereocenters. The lowest BCUT2D eigenvalue weighted by atomic mass is 10.0. The predicted molar refractivity (Wildman–Crippen MR) is 148 cm³/mol. The first-order chi connectivity index (χ1) is 18.1. The van der Waals surface area contributed by atoms with E-state index in [1.165, 1.54) is 12.1 Å². The third-order valence-corrected chi connectivity index (χ3v) is 7.69. The number of alkyl carbamates (subject to hydrolysis) is 1. The van der Waals surface area contributed by atoms with Crippen molar-refractivity contribution in [3.05, 3.63) is 88.0 Å². The van der Waals surface area contributed by atoms with Crippen molar-refractivity contribution in [3.8, 4) is 11.3 Å². The average molecular weight is 582 g/mol. The number of hydrogen-bond donors (Lipinski definition) is 2. The SMILES string of the molecule is CC1C[C@@H]1CC(C)(C)OC(=O)N[C@@H](Cc1cc(F)cc(F)c1)c1nc2cc(-c3ccccc3)[nH]c2cc1Br. The Morgan fingerprint density at radius 3 is 2.50 bits per heavy atom. The molecule has 2 N–H and O–H groups in total. The Kier molecular flexibility index (Phi) is 7.27. The molecule has 0 saturated heterocycles. The van der Waals surface area contributed by atoms with E-state index in [1.54, 1.807) is 0 Å². The first-order valence-electron chi connectivity index (χ1n) is 12.8. The molecule has 1 amide bonds. The number of aromatic nitrogens is 2. The van der Waals surface area contributed by atoms with Crippen LogP contribution >= 0.6 is 15.9 Å². The largest absolute Gasteiger partial charge is 0.444 e. The Morgan fingerprint density at radius 2 is 1.84 bits per heavy atom. The quantitative estimate of drug-likeness (QED) is 0.221. The maximum absolute atomic E-state index is 14.0. The minimum absolute atomic E-state index is 0.122. The molecule has 0 bridgehead atoms. The van der Waals surface area contributed by atoms with Crippen LogP contribution in [0.4, 0.5) is 13.6 Å². The number of nitrogens with zero attached hydrogens (tertiary/aromatic N) is 1. The van der Waals surface area contributed by atoms with Crippen molar-refractivity contribution in [1.82, 2.24) is 15.3 Å². The molecule has 5 nitrogen and oxygen atoms in total. The van der Waals surface area contributed by atoms with Gasteiger partial charge in [0.2, 0.25) is 0 Å². The molecule has 1 saturated carbocycles. The lowest BCUT2D eigenvalue weighted by Gasteiger charge is -2.27. The van der Waals surface area contributed by atoms with Gasteiger partial charge >= 0.3 is 6.09 Å². The van der Waals surface area contributed by atoms with Crippen molar-refractivity contribution >= 4 is 33.1 Å². The van der Waals surface area contributed by atoms with Crippen molar-refractivity contribution in [3.63, 3.8) is 0 Å². The van der Waals surface area contributed by atoms with Gasteiger partial charge in [0.05, 0.1) is 22.8 Å². The van der Waals surface area contributed by atoms with Crippen LogP contribution in [-0.2, 0) is 11.2 Å². The fraction of sp³-hybridized carbons (Fsp3) is 0.333. The second-order valence-electron chi connectivity index (χ2n) is 10.8. The summed E-state index contributed by atoms with van der Waals surface area (Å²) in [6.07, 6.45) is 1.44. The number of benzene rings is 2. The monoisotopic (exact) mass is 581 g/mol.